The zero-order chi connectivity index (χ0) is 25.0. The number of imide groups is 1. The van der Waals surface area contributed by atoms with Gasteiger partial charge in [0.25, 0.3) is 11.8 Å². The van der Waals surface area contributed by atoms with Gasteiger partial charge in [0.1, 0.15) is 11.0 Å². The van der Waals surface area contributed by atoms with Crippen molar-refractivity contribution in [2.45, 2.75) is 45.2 Å². The van der Waals surface area contributed by atoms with Crippen molar-refractivity contribution in [3.63, 3.8) is 0 Å². The molecule has 2 aliphatic rings. The van der Waals surface area contributed by atoms with Gasteiger partial charge in [-0.2, -0.15) is 0 Å². The number of thiazole rings is 1. The van der Waals surface area contributed by atoms with Crippen molar-refractivity contribution in [1.29, 1.82) is 0 Å². The first kappa shape index (κ1) is 22.6. The van der Waals surface area contributed by atoms with E-state index in [0.717, 1.165) is 39.2 Å². The molecule has 180 valence electrons. The van der Waals surface area contributed by atoms with Crippen molar-refractivity contribution >= 4 is 45.0 Å². The molecule has 2 heterocycles. The number of rotatable bonds is 5. The Morgan fingerprint density at radius 1 is 0.944 bits per heavy atom. The largest absolute Gasteiger partial charge is 0.323 e. The Morgan fingerprint density at radius 2 is 1.64 bits per heavy atom. The molecule has 1 aliphatic carbocycles. The van der Waals surface area contributed by atoms with Crippen molar-refractivity contribution in [3.8, 4) is 10.6 Å². The van der Waals surface area contributed by atoms with Crippen LogP contribution in [0.4, 0.5) is 5.69 Å². The lowest BCUT2D eigenvalue weighted by atomic mass is 10.1. The molecule has 4 aromatic rings. The van der Waals surface area contributed by atoms with Crippen molar-refractivity contribution < 1.29 is 14.4 Å². The van der Waals surface area contributed by atoms with Crippen LogP contribution in [0.5, 0.6) is 0 Å². The molecule has 0 N–H and O–H groups in total. The van der Waals surface area contributed by atoms with Crippen molar-refractivity contribution in [2.75, 3.05) is 4.90 Å². The summed E-state index contributed by atoms with van der Waals surface area (Å²) in [6.45, 7) is 4.02. The van der Waals surface area contributed by atoms with Gasteiger partial charge in [-0.1, -0.05) is 23.8 Å². The highest BCUT2D eigenvalue weighted by atomic mass is 32.1. The molecule has 3 amide bonds. The van der Waals surface area contributed by atoms with E-state index in [4.69, 9.17) is 4.98 Å². The smallest absolute Gasteiger partial charge is 0.257 e. The van der Waals surface area contributed by atoms with Crippen LogP contribution < -0.4 is 4.90 Å². The van der Waals surface area contributed by atoms with Gasteiger partial charge in [0, 0.05) is 17.2 Å². The molecule has 36 heavy (non-hydrogen) atoms. The Labute approximate surface area is 213 Å². The van der Waals surface area contributed by atoms with Gasteiger partial charge in [0.15, 0.2) is 0 Å². The summed E-state index contributed by atoms with van der Waals surface area (Å²) in [5, 5.41) is 0.891. The fourth-order valence-electron chi connectivity index (χ4n) is 4.77. The number of hydrogen-bond acceptors (Lipinski definition) is 5. The Kier molecular flexibility index (Phi) is 5.45. The normalized spacial score (nSPS) is 17.7. The number of hydrogen-bond donors (Lipinski definition) is 0. The minimum absolute atomic E-state index is 0.00514. The third-order valence-corrected chi connectivity index (χ3v) is 7.92. The number of carbonyl (C=O) groups excluding carboxylic acids is 3. The van der Waals surface area contributed by atoms with E-state index in [9.17, 15) is 14.4 Å². The SMILES string of the molecule is Cc1ccc(C(=O)N(C2CC2)C2CC(=O)N(c3ccc(-c4nc5ccc(C)cc5s4)cc3)C2=O)cc1. The number of carbonyl (C=O) groups is 3. The fourth-order valence-corrected chi connectivity index (χ4v) is 5.84. The lowest BCUT2D eigenvalue weighted by molar-refractivity contribution is -0.122. The molecule has 0 bridgehead atoms. The van der Waals surface area contributed by atoms with Crippen LogP contribution in [-0.4, -0.2) is 39.7 Å². The molecule has 7 heteroatoms. The minimum atomic E-state index is -0.772. The molecule has 1 aliphatic heterocycles. The summed E-state index contributed by atoms with van der Waals surface area (Å²) in [7, 11) is 0. The summed E-state index contributed by atoms with van der Waals surface area (Å²) in [5.74, 6) is -0.807. The van der Waals surface area contributed by atoms with Crippen LogP contribution in [0, 0.1) is 13.8 Å². The van der Waals surface area contributed by atoms with Gasteiger partial charge < -0.3 is 4.90 Å². The predicted octanol–water partition coefficient (Wildman–Crippen LogP) is 5.52. The summed E-state index contributed by atoms with van der Waals surface area (Å²) >= 11 is 1.62. The summed E-state index contributed by atoms with van der Waals surface area (Å²) in [5.41, 5.74) is 5.20. The van der Waals surface area contributed by atoms with E-state index in [-0.39, 0.29) is 30.2 Å². The molecule has 0 spiro atoms. The molecule has 6 rings (SSSR count). The predicted molar refractivity (Wildman–Crippen MR) is 141 cm³/mol. The minimum Gasteiger partial charge on any atom is -0.323 e. The average Bonchev–Trinajstić information content (AvgIpc) is 3.54. The summed E-state index contributed by atoms with van der Waals surface area (Å²) in [4.78, 5) is 47.4. The van der Waals surface area contributed by atoms with Crippen LogP contribution in [0.1, 0.15) is 40.7 Å². The quantitative estimate of drug-likeness (QED) is 0.342. The molecule has 3 aromatic carbocycles. The molecular weight excluding hydrogens is 470 g/mol. The fraction of sp³-hybridized carbons (Fsp3) is 0.241. The highest BCUT2D eigenvalue weighted by Crippen LogP contribution is 2.36. The van der Waals surface area contributed by atoms with Crippen LogP contribution >= 0.6 is 11.3 Å². The lowest BCUT2D eigenvalue weighted by Gasteiger charge is -2.27. The van der Waals surface area contributed by atoms with E-state index in [1.165, 1.54) is 10.5 Å². The van der Waals surface area contributed by atoms with E-state index in [1.807, 2.05) is 43.3 Å². The van der Waals surface area contributed by atoms with Gasteiger partial charge in [0.2, 0.25) is 5.91 Å². The van der Waals surface area contributed by atoms with Crippen molar-refractivity contribution in [1.82, 2.24) is 9.88 Å². The van der Waals surface area contributed by atoms with Crippen LogP contribution in [0.2, 0.25) is 0 Å². The number of benzene rings is 3. The molecule has 2 fully saturated rings. The highest BCUT2D eigenvalue weighted by Gasteiger charge is 2.48. The number of aromatic nitrogens is 1. The summed E-state index contributed by atoms with van der Waals surface area (Å²) in [6.07, 6.45) is 1.71. The van der Waals surface area contributed by atoms with E-state index >= 15 is 0 Å². The first-order chi connectivity index (χ1) is 17.4. The second kappa shape index (κ2) is 8.68. The zero-order valence-corrected chi connectivity index (χ0v) is 20.9. The zero-order valence-electron chi connectivity index (χ0n) is 20.1. The Hall–Kier alpha value is -3.84. The first-order valence-corrected chi connectivity index (χ1v) is 12.9. The van der Waals surface area contributed by atoms with E-state index in [0.29, 0.717) is 11.3 Å². The lowest BCUT2D eigenvalue weighted by Crippen LogP contribution is -2.46. The molecule has 0 radical (unpaired) electrons. The van der Waals surface area contributed by atoms with Gasteiger partial charge >= 0.3 is 0 Å². The Balaban J connectivity index is 1.25. The van der Waals surface area contributed by atoms with Gasteiger partial charge in [-0.05, 0) is 80.8 Å². The maximum atomic E-state index is 13.5. The van der Waals surface area contributed by atoms with Crippen molar-refractivity contribution in [2.24, 2.45) is 0 Å². The number of amides is 3. The molecule has 1 saturated heterocycles. The standard InChI is InChI=1S/C29H25N3O3S/c1-17-3-6-20(7-4-17)28(34)31(21-12-13-21)24-16-26(33)32(29(24)35)22-10-8-19(9-11-22)27-30-23-14-5-18(2)15-25(23)36-27/h3-11,14-15,21,24H,12-13,16H2,1-2H3. The van der Waals surface area contributed by atoms with E-state index in [1.54, 1.807) is 40.5 Å². The number of nitrogens with zero attached hydrogens (tertiary/aromatic N) is 3. The van der Waals surface area contributed by atoms with Crippen LogP contribution in [0.15, 0.2) is 66.7 Å². The molecule has 1 saturated carbocycles. The monoisotopic (exact) mass is 495 g/mol. The van der Waals surface area contributed by atoms with Gasteiger partial charge in [-0.25, -0.2) is 9.88 Å². The third-order valence-electron chi connectivity index (χ3n) is 6.85. The molecule has 6 nitrogen and oxygen atoms in total. The number of aryl methyl sites for hydroxylation is 2. The average molecular weight is 496 g/mol. The Morgan fingerprint density at radius 3 is 2.33 bits per heavy atom. The Bertz CT molecular complexity index is 1500. The van der Waals surface area contributed by atoms with Gasteiger partial charge in [0.05, 0.1) is 22.3 Å². The van der Waals surface area contributed by atoms with Crippen LogP contribution in [0.3, 0.4) is 0 Å². The molecule has 1 aromatic heterocycles. The van der Waals surface area contributed by atoms with E-state index in [2.05, 4.69) is 13.0 Å². The first-order valence-electron chi connectivity index (χ1n) is 12.1. The maximum absolute atomic E-state index is 13.5. The number of fused-ring (bicyclic) bond motifs is 1. The highest BCUT2D eigenvalue weighted by molar-refractivity contribution is 7.21. The van der Waals surface area contributed by atoms with Crippen molar-refractivity contribution in [3.05, 3.63) is 83.4 Å². The van der Waals surface area contributed by atoms with E-state index < -0.39 is 6.04 Å². The molecule has 1 unspecified atom stereocenters. The second-order valence-electron chi connectivity index (χ2n) is 9.63. The van der Waals surface area contributed by atoms with Gasteiger partial charge in [-0.15, -0.1) is 11.3 Å². The van der Waals surface area contributed by atoms with Crippen LogP contribution in [0.25, 0.3) is 20.8 Å². The molecule has 1 atom stereocenters. The summed E-state index contributed by atoms with van der Waals surface area (Å²) in [6, 6.07) is 20.1. The summed E-state index contributed by atoms with van der Waals surface area (Å²) < 4.78 is 1.13. The van der Waals surface area contributed by atoms with Gasteiger partial charge in [-0.3, -0.25) is 14.4 Å². The van der Waals surface area contributed by atoms with Crippen LogP contribution in [-0.2, 0) is 9.59 Å². The second-order valence-corrected chi connectivity index (χ2v) is 10.7. The molecular formula is C29H25N3O3S. The maximum Gasteiger partial charge on any atom is 0.257 e. The topological polar surface area (TPSA) is 70.6 Å². The number of anilines is 1. The third kappa shape index (κ3) is 3.99.